The van der Waals surface area contributed by atoms with Crippen molar-refractivity contribution in [1.29, 1.82) is 0 Å². The zero-order valence-corrected chi connectivity index (χ0v) is 18.7. The molecule has 1 spiro atoms. The Hall–Kier alpha value is -2.32. The van der Waals surface area contributed by atoms with Gasteiger partial charge in [-0.1, -0.05) is 17.7 Å². The molecule has 8 nitrogen and oxygen atoms in total. The molecule has 2 fully saturated rings. The van der Waals surface area contributed by atoms with Gasteiger partial charge in [0.2, 0.25) is 11.8 Å². The number of amides is 4. The Labute approximate surface area is 188 Å². The van der Waals surface area contributed by atoms with E-state index in [0.717, 1.165) is 45.4 Å². The smallest absolute Gasteiger partial charge is 0.319 e. The molecule has 0 radical (unpaired) electrons. The Bertz CT molecular complexity index is 787. The number of ether oxygens (including phenoxy) is 1. The molecule has 2 heterocycles. The fourth-order valence-corrected chi connectivity index (χ4v) is 4.26. The van der Waals surface area contributed by atoms with Crippen LogP contribution in [-0.4, -0.2) is 60.6 Å². The standard InChI is InChI=1S/C22H31ClN4O4/c1-16(25-21(30)26-18-6-2-5-17(23)15-18)20(29)24-11-3-7-19(28)27-12-9-22(10-13-27)8-4-14-31-22/h2,5-6,15-16H,3-4,7-14H2,1H3,(H,24,29)(H2,25,26,30)/t16-/m0/s1. The Kier molecular flexibility index (Phi) is 8.15. The molecule has 31 heavy (non-hydrogen) atoms. The molecule has 3 rings (SSSR count). The number of hydrogen-bond donors (Lipinski definition) is 3. The minimum atomic E-state index is -0.709. The zero-order valence-electron chi connectivity index (χ0n) is 17.9. The van der Waals surface area contributed by atoms with Crippen LogP contribution in [0.2, 0.25) is 5.02 Å². The second-order valence-corrected chi connectivity index (χ2v) is 8.68. The SMILES string of the molecule is C[C@H](NC(=O)Nc1cccc(Cl)c1)C(=O)NCCCC(=O)N1CCC2(CCCO2)CC1. The molecule has 3 N–H and O–H groups in total. The van der Waals surface area contributed by atoms with Crippen molar-refractivity contribution in [3.8, 4) is 0 Å². The summed E-state index contributed by atoms with van der Waals surface area (Å²) < 4.78 is 5.90. The van der Waals surface area contributed by atoms with Gasteiger partial charge in [0.15, 0.2) is 0 Å². The summed E-state index contributed by atoms with van der Waals surface area (Å²) in [6.07, 6.45) is 4.99. The van der Waals surface area contributed by atoms with Crippen LogP contribution in [0.4, 0.5) is 10.5 Å². The van der Waals surface area contributed by atoms with E-state index in [4.69, 9.17) is 16.3 Å². The predicted octanol–water partition coefficient (Wildman–Crippen LogP) is 2.92. The van der Waals surface area contributed by atoms with Gasteiger partial charge in [0, 0.05) is 43.4 Å². The number of halogens is 1. The average Bonchev–Trinajstić information content (AvgIpc) is 3.19. The van der Waals surface area contributed by atoms with Crippen molar-refractivity contribution in [2.45, 2.75) is 57.1 Å². The molecule has 1 atom stereocenters. The average molecular weight is 451 g/mol. The predicted molar refractivity (Wildman–Crippen MR) is 119 cm³/mol. The highest BCUT2D eigenvalue weighted by Gasteiger charge is 2.39. The highest BCUT2D eigenvalue weighted by molar-refractivity contribution is 6.30. The molecule has 0 aromatic heterocycles. The minimum absolute atomic E-state index is 0.00690. The van der Waals surface area contributed by atoms with E-state index in [2.05, 4.69) is 16.0 Å². The first-order valence-corrected chi connectivity index (χ1v) is 11.3. The molecule has 0 bridgehead atoms. The van der Waals surface area contributed by atoms with Crippen LogP contribution in [-0.2, 0) is 14.3 Å². The first-order valence-electron chi connectivity index (χ1n) is 10.9. The summed E-state index contributed by atoms with van der Waals surface area (Å²) in [4.78, 5) is 38.5. The zero-order chi connectivity index (χ0) is 22.3. The Morgan fingerprint density at radius 2 is 2.00 bits per heavy atom. The first-order chi connectivity index (χ1) is 14.9. The second kappa shape index (κ2) is 10.8. The lowest BCUT2D eigenvalue weighted by molar-refractivity contribution is -0.136. The summed E-state index contributed by atoms with van der Waals surface area (Å²) in [5, 5.41) is 8.49. The van der Waals surface area contributed by atoms with Gasteiger partial charge in [0.05, 0.1) is 5.60 Å². The van der Waals surface area contributed by atoms with Crippen LogP contribution in [0, 0.1) is 0 Å². The lowest BCUT2D eigenvalue weighted by Crippen LogP contribution is -2.47. The molecule has 1 aromatic rings. The van der Waals surface area contributed by atoms with Gasteiger partial charge in [0.25, 0.3) is 0 Å². The van der Waals surface area contributed by atoms with Gasteiger partial charge in [-0.25, -0.2) is 4.79 Å². The maximum Gasteiger partial charge on any atom is 0.319 e. The van der Waals surface area contributed by atoms with E-state index >= 15 is 0 Å². The monoisotopic (exact) mass is 450 g/mol. The van der Waals surface area contributed by atoms with E-state index in [1.165, 1.54) is 0 Å². The highest BCUT2D eigenvalue weighted by Crippen LogP contribution is 2.35. The summed E-state index contributed by atoms with van der Waals surface area (Å²) in [5.41, 5.74) is 0.548. The summed E-state index contributed by atoms with van der Waals surface area (Å²) in [6.45, 7) is 4.31. The molecule has 170 valence electrons. The van der Waals surface area contributed by atoms with E-state index in [1.807, 2.05) is 4.90 Å². The number of rotatable bonds is 7. The number of benzene rings is 1. The Balaban J connectivity index is 1.29. The van der Waals surface area contributed by atoms with Gasteiger partial charge < -0.3 is 25.6 Å². The third-order valence-corrected chi connectivity index (χ3v) is 6.14. The van der Waals surface area contributed by atoms with E-state index < -0.39 is 12.1 Å². The molecule has 4 amide bonds. The molecule has 9 heteroatoms. The fourth-order valence-electron chi connectivity index (χ4n) is 4.07. The van der Waals surface area contributed by atoms with Crippen LogP contribution in [0.25, 0.3) is 0 Å². The van der Waals surface area contributed by atoms with Crippen molar-refractivity contribution < 1.29 is 19.1 Å². The number of nitrogens with one attached hydrogen (secondary N) is 3. The number of nitrogens with zero attached hydrogens (tertiary/aromatic N) is 1. The van der Waals surface area contributed by atoms with Crippen LogP contribution in [0.15, 0.2) is 24.3 Å². The molecular formula is C22H31ClN4O4. The van der Waals surface area contributed by atoms with Crippen molar-refractivity contribution in [3.05, 3.63) is 29.3 Å². The second-order valence-electron chi connectivity index (χ2n) is 8.24. The maximum absolute atomic E-state index is 12.4. The van der Waals surface area contributed by atoms with E-state index in [0.29, 0.717) is 30.1 Å². The summed E-state index contributed by atoms with van der Waals surface area (Å²) >= 11 is 5.89. The lowest BCUT2D eigenvalue weighted by atomic mass is 9.88. The van der Waals surface area contributed by atoms with Gasteiger partial charge >= 0.3 is 6.03 Å². The van der Waals surface area contributed by atoms with E-state index in [9.17, 15) is 14.4 Å². The topological polar surface area (TPSA) is 99.8 Å². The Morgan fingerprint density at radius 3 is 2.68 bits per heavy atom. The summed E-state index contributed by atoms with van der Waals surface area (Å²) in [6, 6.07) is 5.55. The lowest BCUT2D eigenvalue weighted by Gasteiger charge is -2.38. The third-order valence-electron chi connectivity index (χ3n) is 5.90. The fraction of sp³-hybridized carbons (Fsp3) is 0.591. The first kappa shape index (κ1) is 23.3. The van der Waals surface area contributed by atoms with Crippen molar-refractivity contribution in [2.75, 3.05) is 31.6 Å². The molecule has 2 aliphatic rings. The number of likely N-dealkylation sites (tertiary alicyclic amines) is 1. The maximum atomic E-state index is 12.4. The molecule has 0 saturated carbocycles. The number of urea groups is 1. The molecule has 2 aliphatic heterocycles. The van der Waals surface area contributed by atoms with Gasteiger partial charge in [-0.15, -0.1) is 0 Å². The van der Waals surface area contributed by atoms with Crippen LogP contribution in [0.1, 0.15) is 45.4 Å². The van der Waals surface area contributed by atoms with Gasteiger partial charge in [0.1, 0.15) is 6.04 Å². The van der Waals surface area contributed by atoms with Crippen LogP contribution in [0.5, 0.6) is 0 Å². The third kappa shape index (κ3) is 6.83. The Morgan fingerprint density at radius 1 is 1.23 bits per heavy atom. The van der Waals surface area contributed by atoms with Gasteiger partial charge in [-0.05, 0) is 57.2 Å². The van der Waals surface area contributed by atoms with Crippen molar-refractivity contribution in [2.24, 2.45) is 0 Å². The molecule has 1 aromatic carbocycles. The molecule has 0 aliphatic carbocycles. The molecular weight excluding hydrogens is 420 g/mol. The number of piperidine rings is 1. The van der Waals surface area contributed by atoms with Crippen molar-refractivity contribution >= 4 is 35.1 Å². The number of anilines is 1. The number of carbonyl (C=O) groups excluding carboxylic acids is 3. The van der Waals surface area contributed by atoms with Crippen LogP contribution < -0.4 is 16.0 Å². The van der Waals surface area contributed by atoms with Crippen molar-refractivity contribution in [3.63, 3.8) is 0 Å². The van der Waals surface area contributed by atoms with Gasteiger partial charge in [-0.3, -0.25) is 9.59 Å². The summed E-state index contributed by atoms with van der Waals surface area (Å²) in [5.74, 6) is -0.179. The molecule has 2 saturated heterocycles. The van der Waals surface area contributed by atoms with E-state index in [1.54, 1.807) is 31.2 Å². The number of hydrogen-bond acceptors (Lipinski definition) is 4. The largest absolute Gasteiger partial charge is 0.375 e. The van der Waals surface area contributed by atoms with Crippen LogP contribution in [0.3, 0.4) is 0 Å². The quantitative estimate of drug-likeness (QED) is 0.556. The minimum Gasteiger partial charge on any atom is -0.375 e. The van der Waals surface area contributed by atoms with Crippen LogP contribution >= 0.6 is 11.6 Å². The van der Waals surface area contributed by atoms with Gasteiger partial charge in [-0.2, -0.15) is 0 Å². The molecule has 0 unspecified atom stereocenters. The summed E-state index contributed by atoms with van der Waals surface area (Å²) in [7, 11) is 0. The normalized spacial score (nSPS) is 18.5. The van der Waals surface area contributed by atoms with E-state index in [-0.39, 0.29) is 17.4 Å². The van der Waals surface area contributed by atoms with Crippen molar-refractivity contribution in [1.82, 2.24) is 15.5 Å². The highest BCUT2D eigenvalue weighted by atomic mass is 35.5. The number of carbonyl (C=O) groups is 3.